The molecule has 1 fully saturated rings. The van der Waals surface area contributed by atoms with Gasteiger partial charge in [-0.3, -0.25) is 14.7 Å². The molecule has 5 rings (SSSR count). The molecule has 0 unspecified atom stereocenters. The highest BCUT2D eigenvalue weighted by molar-refractivity contribution is 6.08. The van der Waals surface area contributed by atoms with Crippen molar-refractivity contribution in [3.8, 4) is 5.75 Å². The van der Waals surface area contributed by atoms with Gasteiger partial charge in [-0.05, 0) is 29.8 Å². The molecule has 28 heavy (non-hydrogen) atoms. The molecule has 7 heteroatoms. The van der Waals surface area contributed by atoms with Crippen molar-refractivity contribution in [1.29, 1.82) is 0 Å². The lowest BCUT2D eigenvalue weighted by molar-refractivity contribution is -0.133. The van der Waals surface area contributed by atoms with Gasteiger partial charge in [-0.15, -0.1) is 0 Å². The zero-order valence-corrected chi connectivity index (χ0v) is 14.8. The number of hydrogen-bond donors (Lipinski definition) is 1. The Labute approximate surface area is 159 Å². The second-order valence-electron chi connectivity index (χ2n) is 6.93. The summed E-state index contributed by atoms with van der Waals surface area (Å²) in [4.78, 5) is 31.5. The normalized spacial score (nSPS) is 21.0. The lowest BCUT2D eigenvalue weighted by Crippen LogP contribution is -2.47. The van der Waals surface area contributed by atoms with Crippen LogP contribution < -0.4 is 10.1 Å². The smallest absolute Gasteiger partial charge is 0.325 e. The summed E-state index contributed by atoms with van der Waals surface area (Å²) in [7, 11) is 0. The van der Waals surface area contributed by atoms with E-state index in [4.69, 9.17) is 4.74 Å². The second kappa shape index (κ2) is 6.02. The number of ether oxygens (including phenoxy) is 1. The van der Waals surface area contributed by atoms with Crippen LogP contribution in [-0.4, -0.2) is 28.4 Å². The van der Waals surface area contributed by atoms with E-state index in [0.29, 0.717) is 40.8 Å². The van der Waals surface area contributed by atoms with Crippen LogP contribution in [0, 0.1) is 5.82 Å². The van der Waals surface area contributed by atoms with Gasteiger partial charge in [-0.25, -0.2) is 9.18 Å². The van der Waals surface area contributed by atoms with Crippen molar-refractivity contribution in [1.82, 2.24) is 15.2 Å². The van der Waals surface area contributed by atoms with Gasteiger partial charge in [0.1, 0.15) is 11.6 Å². The number of carbonyl (C=O) groups excluding carboxylic acids is 2. The molecule has 1 N–H and O–H groups in total. The van der Waals surface area contributed by atoms with E-state index in [1.165, 1.54) is 11.0 Å². The SMILES string of the molecule is O=C1N[C@@]2(CCOc3ccccc32)C(=O)N1Cc1ccc(F)c2cccnc12. The molecule has 3 amide bonds. The van der Waals surface area contributed by atoms with Crippen LogP contribution >= 0.6 is 0 Å². The molecule has 1 spiro atoms. The second-order valence-corrected chi connectivity index (χ2v) is 6.93. The minimum atomic E-state index is -1.13. The van der Waals surface area contributed by atoms with E-state index in [1.807, 2.05) is 12.1 Å². The van der Waals surface area contributed by atoms with Gasteiger partial charge in [0.25, 0.3) is 5.91 Å². The first-order valence-corrected chi connectivity index (χ1v) is 8.99. The van der Waals surface area contributed by atoms with Crippen molar-refractivity contribution in [3.05, 3.63) is 71.7 Å². The number of amides is 3. The van der Waals surface area contributed by atoms with E-state index in [9.17, 15) is 14.0 Å². The molecule has 0 bridgehead atoms. The summed E-state index contributed by atoms with van der Waals surface area (Å²) in [6.07, 6.45) is 1.92. The van der Waals surface area contributed by atoms with Gasteiger partial charge in [-0.1, -0.05) is 24.3 Å². The maximum atomic E-state index is 14.1. The first-order valence-electron chi connectivity index (χ1n) is 8.99. The van der Waals surface area contributed by atoms with E-state index in [2.05, 4.69) is 10.3 Å². The first kappa shape index (κ1) is 16.7. The molecule has 3 heterocycles. The average molecular weight is 377 g/mol. The van der Waals surface area contributed by atoms with Gasteiger partial charge in [0.15, 0.2) is 5.54 Å². The Balaban J connectivity index is 1.55. The third-order valence-electron chi connectivity index (χ3n) is 5.39. The Bertz CT molecular complexity index is 1130. The number of aromatic nitrogens is 1. The van der Waals surface area contributed by atoms with E-state index < -0.39 is 11.6 Å². The average Bonchev–Trinajstić information content (AvgIpc) is 2.95. The molecular formula is C21H16FN3O3. The summed E-state index contributed by atoms with van der Waals surface area (Å²) in [6.45, 7) is 0.348. The Morgan fingerprint density at radius 3 is 2.89 bits per heavy atom. The number of hydrogen-bond acceptors (Lipinski definition) is 4. The van der Waals surface area contributed by atoms with Crippen LogP contribution in [0.5, 0.6) is 5.75 Å². The standard InChI is InChI=1S/C21H16FN3O3/c22-16-8-7-13(18-14(16)4-3-10-23-18)12-25-19(26)21(24-20(25)27)9-11-28-17-6-2-1-5-15(17)21/h1-8,10H,9,11-12H2,(H,24,27)/t21-/m1/s1. The Kier molecular flexibility index (Phi) is 3.58. The van der Waals surface area contributed by atoms with Crippen LogP contribution in [0.3, 0.4) is 0 Å². The summed E-state index contributed by atoms with van der Waals surface area (Å²) in [5.74, 6) is -0.126. The van der Waals surface area contributed by atoms with Gasteiger partial charge in [-0.2, -0.15) is 0 Å². The number of fused-ring (bicyclic) bond motifs is 3. The molecule has 0 radical (unpaired) electrons. The highest BCUT2D eigenvalue weighted by Crippen LogP contribution is 2.41. The fourth-order valence-electron chi connectivity index (χ4n) is 4.01. The summed E-state index contributed by atoms with van der Waals surface area (Å²) >= 11 is 0. The number of halogens is 1. The topological polar surface area (TPSA) is 71.5 Å². The van der Waals surface area contributed by atoms with Gasteiger partial charge in [0, 0.05) is 23.6 Å². The van der Waals surface area contributed by atoms with Crippen molar-refractivity contribution in [3.63, 3.8) is 0 Å². The fourth-order valence-corrected chi connectivity index (χ4v) is 4.01. The number of para-hydroxylation sites is 1. The minimum Gasteiger partial charge on any atom is -0.493 e. The lowest BCUT2D eigenvalue weighted by Gasteiger charge is -2.33. The van der Waals surface area contributed by atoms with E-state index in [1.54, 1.807) is 36.5 Å². The van der Waals surface area contributed by atoms with E-state index >= 15 is 0 Å². The predicted molar refractivity (Wildman–Crippen MR) is 99.0 cm³/mol. The summed E-state index contributed by atoms with van der Waals surface area (Å²) in [5, 5.41) is 3.23. The van der Waals surface area contributed by atoms with Crippen LogP contribution in [0.25, 0.3) is 10.9 Å². The maximum absolute atomic E-state index is 14.1. The summed E-state index contributed by atoms with van der Waals surface area (Å²) < 4.78 is 19.7. The molecule has 140 valence electrons. The quantitative estimate of drug-likeness (QED) is 0.697. The number of urea groups is 1. The number of benzene rings is 2. The molecule has 2 aliphatic heterocycles. The van der Waals surface area contributed by atoms with Crippen molar-refractivity contribution < 1.29 is 18.7 Å². The molecule has 2 aromatic carbocycles. The number of rotatable bonds is 2. The van der Waals surface area contributed by atoms with Crippen molar-refractivity contribution >= 4 is 22.8 Å². The molecule has 1 aromatic heterocycles. The van der Waals surface area contributed by atoms with Crippen molar-refractivity contribution in [2.24, 2.45) is 0 Å². The largest absolute Gasteiger partial charge is 0.493 e. The highest BCUT2D eigenvalue weighted by atomic mass is 19.1. The molecule has 1 saturated heterocycles. The molecule has 1 atom stereocenters. The van der Waals surface area contributed by atoms with Crippen LogP contribution in [0.15, 0.2) is 54.7 Å². The monoisotopic (exact) mass is 377 g/mol. The van der Waals surface area contributed by atoms with Gasteiger partial charge in [0.05, 0.1) is 18.7 Å². The maximum Gasteiger partial charge on any atom is 0.325 e. The van der Waals surface area contributed by atoms with Crippen LogP contribution in [0.4, 0.5) is 9.18 Å². The number of imide groups is 1. The fraction of sp³-hybridized carbons (Fsp3) is 0.190. The van der Waals surface area contributed by atoms with Crippen LogP contribution in [-0.2, 0) is 16.9 Å². The number of nitrogens with zero attached hydrogens (tertiary/aromatic N) is 2. The van der Waals surface area contributed by atoms with Crippen LogP contribution in [0.2, 0.25) is 0 Å². The zero-order chi connectivity index (χ0) is 19.3. The molecular weight excluding hydrogens is 361 g/mol. The summed E-state index contributed by atoms with van der Waals surface area (Å²) in [6, 6.07) is 12.9. The van der Waals surface area contributed by atoms with Crippen molar-refractivity contribution in [2.45, 2.75) is 18.5 Å². The van der Waals surface area contributed by atoms with Crippen molar-refractivity contribution in [2.75, 3.05) is 6.61 Å². The molecule has 6 nitrogen and oxygen atoms in total. The molecule has 0 aliphatic carbocycles. The first-order chi connectivity index (χ1) is 13.6. The number of carbonyl (C=O) groups is 2. The lowest BCUT2D eigenvalue weighted by atomic mass is 9.84. The Morgan fingerprint density at radius 2 is 2.00 bits per heavy atom. The highest BCUT2D eigenvalue weighted by Gasteiger charge is 2.54. The third-order valence-corrected chi connectivity index (χ3v) is 5.39. The van der Waals surface area contributed by atoms with Gasteiger partial charge < -0.3 is 10.1 Å². The Hall–Kier alpha value is -3.48. The number of nitrogens with one attached hydrogen (secondary N) is 1. The zero-order valence-electron chi connectivity index (χ0n) is 14.8. The van der Waals surface area contributed by atoms with Gasteiger partial charge in [0.2, 0.25) is 0 Å². The Morgan fingerprint density at radius 1 is 1.14 bits per heavy atom. The molecule has 3 aromatic rings. The van der Waals surface area contributed by atoms with Crippen LogP contribution in [0.1, 0.15) is 17.5 Å². The number of pyridine rings is 1. The van der Waals surface area contributed by atoms with E-state index in [-0.39, 0.29) is 18.3 Å². The predicted octanol–water partition coefficient (Wildman–Crippen LogP) is 3.10. The third kappa shape index (κ3) is 2.29. The summed E-state index contributed by atoms with van der Waals surface area (Å²) in [5.41, 5.74) is 0.577. The molecule has 0 saturated carbocycles. The molecule has 2 aliphatic rings. The minimum absolute atomic E-state index is 0.0171. The van der Waals surface area contributed by atoms with Gasteiger partial charge >= 0.3 is 6.03 Å². The van der Waals surface area contributed by atoms with E-state index in [0.717, 1.165) is 0 Å².